The van der Waals surface area contributed by atoms with Crippen molar-refractivity contribution in [2.45, 2.75) is 13.5 Å². The van der Waals surface area contributed by atoms with Crippen molar-refractivity contribution in [3.05, 3.63) is 112 Å². The number of nitrogens with one attached hydrogen (secondary N) is 1. The van der Waals surface area contributed by atoms with Crippen LogP contribution in [-0.4, -0.2) is 13.0 Å². The first-order valence-electron chi connectivity index (χ1n) is 10.8. The van der Waals surface area contributed by atoms with E-state index in [-0.39, 0.29) is 12.5 Å². The van der Waals surface area contributed by atoms with Gasteiger partial charge in [-0.1, -0.05) is 41.4 Å². The molecule has 35 heavy (non-hydrogen) atoms. The van der Waals surface area contributed by atoms with Crippen LogP contribution in [-0.2, 0) is 6.61 Å². The third kappa shape index (κ3) is 6.27. The fourth-order valence-corrected chi connectivity index (χ4v) is 3.69. The SMILES string of the molecule is COc1ccc(C(=O)Nc2cc(Cl)ccc2Oc2ccccc2)cc1COc1ccc(Cl)c(C)c1. The number of amides is 1. The molecule has 0 aliphatic heterocycles. The van der Waals surface area contributed by atoms with E-state index in [2.05, 4.69) is 5.32 Å². The lowest BCUT2D eigenvalue weighted by molar-refractivity contribution is 0.102. The molecule has 0 atom stereocenters. The molecule has 0 aliphatic carbocycles. The van der Waals surface area contributed by atoms with Crippen LogP contribution in [0.5, 0.6) is 23.0 Å². The average Bonchev–Trinajstić information content (AvgIpc) is 2.86. The van der Waals surface area contributed by atoms with Crippen molar-refractivity contribution in [1.82, 2.24) is 0 Å². The van der Waals surface area contributed by atoms with Crippen LogP contribution in [0.1, 0.15) is 21.5 Å². The van der Waals surface area contributed by atoms with Crippen molar-refractivity contribution >= 4 is 34.8 Å². The minimum atomic E-state index is -0.323. The average molecular weight is 508 g/mol. The Labute approximate surface area is 214 Å². The zero-order chi connectivity index (χ0) is 24.8. The van der Waals surface area contributed by atoms with Crippen LogP contribution in [0, 0.1) is 6.92 Å². The van der Waals surface area contributed by atoms with Crippen molar-refractivity contribution in [2.24, 2.45) is 0 Å². The first-order valence-corrected chi connectivity index (χ1v) is 11.6. The Balaban J connectivity index is 1.54. The Hall–Kier alpha value is -3.67. The van der Waals surface area contributed by atoms with E-state index in [1.807, 2.05) is 43.3 Å². The molecule has 4 aromatic rings. The molecule has 4 aromatic carbocycles. The number of hydrogen-bond donors (Lipinski definition) is 1. The monoisotopic (exact) mass is 507 g/mol. The van der Waals surface area contributed by atoms with E-state index in [1.54, 1.807) is 55.6 Å². The van der Waals surface area contributed by atoms with Gasteiger partial charge in [-0.15, -0.1) is 0 Å². The second-order valence-electron chi connectivity index (χ2n) is 7.74. The van der Waals surface area contributed by atoms with Crippen LogP contribution in [0.2, 0.25) is 10.0 Å². The van der Waals surface area contributed by atoms with Gasteiger partial charge in [-0.05, 0) is 79.2 Å². The fraction of sp³-hybridized carbons (Fsp3) is 0.107. The van der Waals surface area contributed by atoms with Crippen molar-refractivity contribution in [2.75, 3.05) is 12.4 Å². The third-order valence-electron chi connectivity index (χ3n) is 5.23. The van der Waals surface area contributed by atoms with E-state index in [0.29, 0.717) is 44.3 Å². The number of methoxy groups -OCH3 is 1. The molecule has 1 N–H and O–H groups in total. The van der Waals surface area contributed by atoms with E-state index in [4.69, 9.17) is 37.4 Å². The molecule has 0 bridgehead atoms. The predicted octanol–water partition coefficient (Wildman–Crippen LogP) is 7.93. The molecule has 7 heteroatoms. The van der Waals surface area contributed by atoms with E-state index >= 15 is 0 Å². The van der Waals surface area contributed by atoms with Gasteiger partial charge in [-0.25, -0.2) is 0 Å². The summed E-state index contributed by atoms with van der Waals surface area (Å²) >= 11 is 12.3. The highest BCUT2D eigenvalue weighted by Gasteiger charge is 2.15. The summed E-state index contributed by atoms with van der Waals surface area (Å²) in [6.45, 7) is 2.12. The van der Waals surface area contributed by atoms with Crippen LogP contribution in [0.25, 0.3) is 0 Å². The Morgan fingerprint density at radius 2 is 1.63 bits per heavy atom. The van der Waals surface area contributed by atoms with E-state index in [9.17, 15) is 4.79 Å². The van der Waals surface area contributed by atoms with Gasteiger partial charge in [0.05, 0.1) is 12.8 Å². The number of para-hydroxylation sites is 1. The predicted molar refractivity (Wildman–Crippen MR) is 139 cm³/mol. The lowest BCUT2D eigenvalue weighted by Gasteiger charge is -2.15. The molecule has 1 amide bonds. The number of ether oxygens (including phenoxy) is 3. The van der Waals surface area contributed by atoms with Gasteiger partial charge in [0, 0.05) is 21.2 Å². The number of carbonyl (C=O) groups is 1. The molecule has 0 heterocycles. The molecule has 0 saturated heterocycles. The number of carbonyl (C=O) groups excluding carboxylic acids is 1. The van der Waals surface area contributed by atoms with Crippen LogP contribution in [0.4, 0.5) is 5.69 Å². The molecule has 0 unspecified atom stereocenters. The van der Waals surface area contributed by atoms with Gasteiger partial charge < -0.3 is 19.5 Å². The number of aryl methyl sites for hydroxylation is 1. The molecule has 0 aliphatic rings. The highest BCUT2D eigenvalue weighted by Crippen LogP contribution is 2.33. The highest BCUT2D eigenvalue weighted by atomic mass is 35.5. The quantitative estimate of drug-likeness (QED) is 0.263. The molecule has 178 valence electrons. The molecule has 0 aromatic heterocycles. The van der Waals surface area contributed by atoms with Gasteiger partial charge in [0.1, 0.15) is 23.9 Å². The van der Waals surface area contributed by atoms with Gasteiger partial charge >= 0.3 is 0 Å². The smallest absolute Gasteiger partial charge is 0.255 e. The maximum atomic E-state index is 13.1. The lowest BCUT2D eigenvalue weighted by Crippen LogP contribution is -2.13. The van der Waals surface area contributed by atoms with Crippen molar-refractivity contribution in [1.29, 1.82) is 0 Å². The summed E-state index contributed by atoms with van der Waals surface area (Å²) in [6.07, 6.45) is 0. The van der Waals surface area contributed by atoms with Crippen LogP contribution in [0.15, 0.2) is 84.9 Å². The summed E-state index contributed by atoms with van der Waals surface area (Å²) in [4.78, 5) is 13.1. The van der Waals surface area contributed by atoms with Gasteiger partial charge in [0.2, 0.25) is 0 Å². The second kappa shape index (κ2) is 11.2. The molecule has 0 saturated carbocycles. The molecular weight excluding hydrogens is 485 g/mol. The van der Waals surface area contributed by atoms with Crippen molar-refractivity contribution in [3.63, 3.8) is 0 Å². The minimum absolute atomic E-state index is 0.213. The zero-order valence-corrected chi connectivity index (χ0v) is 20.7. The Bertz CT molecular complexity index is 1340. The maximum Gasteiger partial charge on any atom is 0.255 e. The van der Waals surface area contributed by atoms with E-state index in [0.717, 1.165) is 11.1 Å². The Morgan fingerprint density at radius 3 is 2.37 bits per heavy atom. The first kappa shape index (κ1) is 24.5. The summed E-state index contributed by atoms with van der Waals surface area (Å²) in [7, 11) is 1.57. The standard InChI is InChI=1S/C28H23Cl2NO4/c1-18-14-23(10-11-24(18)30)34-17-20-15-19(8-12-26(20)33-2)28(32)31-25-16-21(29)9-13-27(25)35-22-6-4-3-5-7-22/h3-16H,17H2,1-2H3,(H,31,32). The number of anilines is 1. The summed E-state index contributed by atoms with van der Waals surface area (Å²) in [5.41, 5.74) is 2.53. The van der Waals surface area contributed by atoms with Crippen LogP contribution < -0.4 is 19.5 Å². The van der Waals surface area contributed by atoms with Crippen molar-refractivity contribution < 1.29 is 19.0 Å². The molecule has 0 fully saturated rings. The summed E-state index contributed by atoms with van der Waals surface area (Å²) in [5.74, 6) is 2.08. The second-order valence-corrected chi connectivity index (χ2v) is 8.58. The lowest BCUT2D eigenvalue weighted by atomic mass is 10.1. The third-order valence-corrected chi connectivity index (χ3v) is 5.89. The van der Waals surface area contributed by atoms with Gasteiger partial charge in [0.25, 0.3) is 5.91 Å². The van der Waals surface area contributed by atoms with E-state index in [1.165, 1.54) is 0 Å². The van der Waals surface area contributed by atoms with Crippen LogP contribution >= 0.6 is 23.2 Å². The number of rotatable bonds is 8. The minimum Gasteiger partial charge on any atom is -0.496 e. The summed E-state index contributed by atoms with van der Waals surface area (Å²) in [6, 6.07) is 25.0. The molecule has 5 nitrogen and oxygen atoms in total. The van der Waals surface area contributed by atoms with Gasteiger partial charge in [-0.2, -0.15) is 0 Å². The summed E-state index contributed by atoms with van der Waals surface area (Å²) < 4.78 is 17.3. The topological polar surface area (TPSA) is 56.8 Å². The molecule has 0 radical (unpaired) electrons. The summed E-state index contributed by atoms with van der Waals surface area (Å²) in [5, 5.41) is 4.04. The number of halogens is 2. The van der Waals surface area contributed by atoms with Gasteiger partial charge in [-0.3, -0.25) is 4.79 Å². The number of benzene rings is 4. The molecule has 0 spiro atoms. The molecule has 4 rings (SSSR count). The van der Waals surface area contributed by atoms with Gasteiger partial charge in [0.15, 0.2) is 5.75 Å². The largest absolute Gasteiger partial charge is 0.496 e. The number of hydrogen-bond acceptors (Lipinski definition) is 4. The molecular formula is C28H23Cl2NO4. The van der Waals surface area contributed by atoms with E-state index < -0.39 is 0 Å². The Morgan fingerprint density at radius 1 is 0.857 bits per heavy atom. The Kier molecular flexibility index (Phi) is 7.80. The zero-order valence-electron chi connectivity index (χ0n) is 19.2. The first-order chi connectivity index (χ1) is 16.9. The highest BCUT2D eigenvalue weighted by molar-refractivity contribution is 6.31. The normalized spacial score (nSPS) is 10.5. The van der Waals surface area contributed by atoms with Crippen LogP contribution in [0.3, 0.4) is 0 Å². The fourth-order valence-electron chi connectivity index (χ4n) is 3.40. The van der Waals surface area contributed by atoms with Crippen molar-refractivity contribution in [3.8, 4) is 23.0 Å². The maximum absolute atomic E-state index is 13.1.